The molecule has 2 unspecified atom stereocenters. The monoisotopic (exact) mass is 357 g/mol. The fourth-order valence-corrected chi connectivity index (χ4v) is 2.95. The second-order valence-electron chi connectivity index (χ2n) is 6.16. The summed E-state index contributed by atoms with van der Waals surface area (Å²) in [6.07, 6.45) is 3.02. The van der Waals surface area contributed by atoms with E-state index in [1.54, 1.807) is 6.20 Å². The molecule has 6 heteroatoms. The lowest BCUT2D eigenvalue weighted by molar-refractivity contribution is -0.127. The number of pyridine rings is 1. The fourth-order valence-electron chi connectivity index (χ4n) is 2.74. The van der Waals surface area contributed by atoms with E-state index in [4.69, 9.17) is 11.6 Å². The normalized spacial score (nSPS) is 18.4. The van der Waals surface area contributed by atoms with Gasteiger partial charge in [-0.25, -0.2) is 0 Å². The fraction of sp³-hybridized carbons (Fsp3) is 0.316. The van der Waals surface area contributed by atoms with Gasteiger partial charge in [-0.2, -0.15) is 0 Å². The molecular weight excluding hydrogens is 338 g/mol. The van der Waals surface area contributed by atoms with Gasteiger partial charge in [0.05, 0.1) is 24.1 Å². The molecule has 1 aliphatic rings. The van der Waals surface area contributed by atoms with Crippen LogP contribution in [0.2, 0.25) is 5.02 Å². The van der Waals surface area contributed by atoms with Gasteiger partial charge >= 0.3 is 0 Å². The Hall–Kier alpha value is -2.40. The summed E-state index contributed by atoms with van der Waals surface area (Å²) in [6.45, 7) is 0.928. The number of amides is 2. The molecule has 1 aromatic carbocycles. The van der Waals surface area contributed by atoms with Crippen molar-refractivity contribution >= 4 is 23.4 Å². The molecule has 1 aliphatic carbocycles. The van der Waals surface area contributed by atoms with Crippen molar-refractivity contribution in [1.82, 2.24) is 15.6 Å². The molecule has 1 heterocycles. The van der Waals surface area contributed by atoms with E-state index in [1.165, 1.54) is 0 Å². The minimum atomic E-state index is -0.227. The first-order chi connectivity index (χ1) is 12.1. The van der Waals surface area contributed by atoms with Crippen LogP contribution in [0.5, 0.6) is 0 Å². The second-order valence-corrected chi connectivity index (χ2v) is 6.59. The summed E-state index contributed by atoms with van der Waals surface area (Å²) < 4.78 is 0. The van der Waals surface area contributed by atoms with Gasteiger partial charge in [0.15, 0.2) is 0 Å². The number of carbonyl (C=O) groups excluding carboxylic acids is 2. The number of carbonyl (C=O) groups is 2. The van der Waals surface area contributed by atoms with Crippen molar-refractivity contribution in [3.8, 4) is 0 Å². The molecule has 2 amide bonds. The third-order valence-corrected chi connectivity index (χ3v) is 4.47. The molecule has 25 heavy (non-hydrogen) atoms. The number of rotatable bonds is 7. The van der Waals surface area contributed by atoms with Gasteiger partial charge in [0.2, 0.25) is 11.8 Å². The summed E-state index contributed by atoms with van der Waals surface area (Å²) in [6, 6.07) is 13.1. The first-order valence-corrected chi connectivity index (χ1v) is 8.71. The number of nitrogens with one attached hydrogen (secondary N) is 2. The van der Waals surface area contributed by atoms with E-state index in [9.17, 15) is 9.59 Å². The Labute approximate surface area is 151 Å². The van der Waals surface area contributed by atoms with E-state index < -0.39 is 0 Å². The van der Waals surface area contributed by atoms with Gasteiger partial charge < -0.3 is 10.6 Å². The molecule has 1 fully saturated rings. The van der Waals surface area contributed by atoms with Crippen molar-refractivity contribution in [1.29, 1.82) is 0 Å². The third-order valence-electron chi connectivity index (χ3n) is 4.24. The topological polar surface area (TPSA) is 71.1 Å². The Morgan fingerprint density at radius 1 is 1.08 bits per heavy atom. The van der Waals surface area contributed by atoms with Crippen LogP contribution < -0.4 is 10.6 Å². The first-order valence-electron chi connectivity index (χ1n) is 8.33. The van der Waals surface area contributed by atoms with E-state index in [-0.39, 0.29) is 23.7 Å². The van der Waals surface area contributed by atoms with Crippen LogP contribution >= 0.6 is 11.6 Å². The van der Waals surface area contributed by atoms with Crippen LogP contribution in [0.3, 0.4) is 0 Å². The minimum absolute atomic E-state index is 0.0555. The Kier molecular flexibility index (Phi) is 5.66. The molecular formula is C19H20ClN3O2. The van der Waals surface area contributed by atoms with E-state index in [2.05, 4.69) is 15.6 Å². The molecule has 0 spiro atoms. The summed E-state index contributed by atoms with van der Waals surface area (Å²) in [5.41, 5.74) is 1.88. The summed E-state index contributed by atoms with van der Waals surface area (Å²) in [4.78, 5) is 28.4. The third kappa shape index (κ3) is 5.03. The average Bonchev–Trinajstić information content (AvgIpc) is 3.41. The Bertz CT molecular complexity index is 751. The minimum Gasteiger partial charge on any atom is -0.356 e. The predicted molar refractivity (Wildman–Crippen MR) is 95.8 cm³/mol. The lowest BCUT2D eigenvalue weighted by Gasteiger charge is -2.06. The van der Waals surface area contributed by atoms with Crippen molar-refractivity contribution in [2.45, 2.75) is 19.4 Å². The molecule has 1 aromatic heterocycles. The number of hydrogen-bond acceptors (Lipinski definition) is 3. The SMILES string of the molecule is O=C(NCCc1cccc(Cl)c1)C1CC1C(=O)NCc1ccccn1. The van der Waals surface area contributed by atoms with Gasteiger partial charge in [0.25, 0.3) is 0 Å². The van der Waals surface area contributed by atoms with Crippen molar-refractivity contribution in [3.05, 3.63) is 64.9 Å². The highest BCUT2D eigenvalue weighted by atomic mass is 35.5. The van der Waals surface area contributed by atoms with Gasteiger partial charge in [-0.05, 0) is 42.7 Å². The van der Waals surface area contributed by atoms with E-state index in [0.29, 0.717) is 24.5 Å². The average molecular weight is 358 g/mol. The maximum atomic E-state index is 12.1. The summed E-state index contributed by atoms with van der Waals surface area (Å²) in [7, 11) is 0. The predicted octanol–water partition coefficient (Wildman–Crippen LogP) is 2.35. The molecule has 0 aliphatic heterocycles. The second kappa shape index (κ2) is 8.12. The van der Waals surface area contributed by atoms with Crippen LogP contribution in [0.4, 0.5) is 0 Å². The maximum Gasteiger partial charge on any atom is 0.224 e. The molecule has 0 bridgehead atoms. The summed E-state index contributed by atoms with van der Waals surface area (Å²) >= 11 is 5.94. The zero-order chi connectivity index (χ0) is 17.6. The number of benzene rings is 1. The van der Waals surface area contributed by atoms with Crippen LogP contribution in [0.25, 0.3) is 0 Å². The molecule has 130 valence electrons. The van der Waals surface area contributed by atoms with Gasteiger partial charge in [-0.1, -0.05) is 29.8 Å². The van der Waals surface area contributed by atoms with E-state index in [1.807, 2.05) is 42.5 Å². The van der Waals surface area contributed by atoms with Crippen molar-refractivity contribution in [2.24, 2.45) is 11.8 Å². The largest absolute Gasteiger partial charge is 0.356 e. The van der Waals surface area contributed by atoms with E-state index >= 15 is 0 Å². The maximum absolute atomic E-state index is 12.1. The smallest absolute Gasteiger partial charge is 0.224 e. The van der Waals surface area contributed by atoms with Crippen LogP contribution in [0.15, 0.2) is 48.7 Å². The lowest BCUT2D eigenvalue weighted by Crippen LogP contribution is -2.31. The molecule has 1 saturated carbocycles. The quantitative estimate of drug-likeness (QED) is 0.799. The standard InChI is InChI=1S/C19H20ClN3O2/c20-14-5-3-4-13(10-14)7-9-22-18(24)16-11-17(16)19(25)23-12-15-6-1-2-8-21-15/h1-6,8,10,16-17H,7,9,11-12H2,(H,22,24)(H,23,25). The van der Waals surface area contributed by atoms with Crippen LogP contribution in [0, 0.1) is 11.8 Å². The molecule has 2 aromatic rings. The molecule has 2 atom stereocenters. The highest BCUT2D eigenvalue weighted by molar-refractivity contribution is 6.30. The molecule has 5 nitrogen and oxygen atoms in total. The van der Waals surface area contributed by atoms with Crippen molar-refractivity contribution < 1.29 is 9.59 Å². The highest BCUT2D eigenvalue weighted by Crippen LogP contribution is 2.38. The number of aromatic nitrogens is 1. The van der Waals surface area contributed by atoms with Crippen LogP contribution in [-0.4, -0.2) is 23.3 Å². The summed E-state index contributed by atoms with van der Waals surface area (Å²) in [5.74, 6) is -0.585. The lowest BCUT2D eigenvalue weighted by atomic mass is 10.1. The molecule has 2 N–H and O–H groups in total. The van der Waals surface area contributed by atoms with Gasteiger partial charge in [-0.3, -0.25) is 14.6 Å². The zero-order valence-corrected chi connectivity index (χ0v) is 14.5. The summed E-state index contributed by atoms with van der Waals surface area (Å²) in [5, 5.41) is 6.43. The van der Waals surface area contributed by atoms with Crippen LogP contribution in [-0.2, 0) is 22.6 Å². The number of nitrogens with zero attached hydrogens (tertiary/aromatic N) is 1. The van der Waals surface area contributed by atoms with Crippen molar-refractivity contribution in [3.63, 3.8) is 0 Å². The van der Waals surface area contributed by atoms with E-state index in [0.717, 1.165) is 17.7 Å². The van der Waals surface area contributed by atoms with Gasteiger partial charge in [-0.15, -0.1) is 0 Å². The highest BCUT2D eigenvalue weighted by Gasteiger charge is 2.47. The zero-order valence-electron chi connectivity index (χ0n) is 13.7. The van der Waals surface area contributed by atoms with Crippen molar-refractivity contribution in [2.75, 3.05) is 6.54 Å². The number of hydrogen-bond donors (Lipinski definition) is 2. The molecule has 3 rings (SSSR count). The van der Waals surface area contributed by atoms with Crippen LogP contribution in [0.1, 0.15) is 17.7 Å². The molecule has 0 saturated heterocycles. The Balaban J connectivity index is 1.37. The Morgan fingerprint density at radius 3 is 2.60 bits per heavy atom. The number of halogens is 1. The van der Waals surface area contributed by atoms with Gasteiger partial charge in [0, 0.05) is 17.8 Å². The Morgan fingerprint density at radius 2 is 1.88 bits per heavy atom. The van der Waals surface area contributed by atoms with Gasteiger partial charge in [0.1, 0.15) is 0 Å². The first kappa shape index (κ1) is 17.4. The molecule has 0 radical (unpaired) electrons.